The normalized spacial score (nSPS) is 22.0. The molecule has 2 aromatic carbocycles. The van der Waals surface area contributed by atoms with Crippen LogP contribution in [0.1, 0.15) is 73.4 Å². The summed E-state index contributed by atoms with van der Waals surface area (Å²) in [5.74, 6) is 0.699. The van der Waals surface area contributed by atoms with Gasteiger partial charge in [0.15, 0.2) is 0 Å². The largest absolute Gasteiger partial charge is 0.381 e. The first-order chi connectivity index (χ1) is 15.4. The molecule has 3 atom stereocenters. The Bertz CT molecular complexity index is 917. The van der Waals surface area contributed by atoms with Gasteiger partial charge in [0.25, 0.3) is 5.91 Å². The van der Waals surface area contributed by atoms with Gasteiger partial charge in [-0.25, -0.2) is 4.39 Å². The van der Waals surface area contributed by atoms with E-state index in [0.29, 0.717) is 29.2 Å². The molecule has 1 fully saturated rings. The minimum atomic E-state index is -0.501. The third-order valence-corrected chi connectivity index (χ3v) is 7.09. The molecule has 174 valence electrons. The lowest BCUT2D eigenvalue weighted by Crippen LogP contribution is -2.14. The van der Waals surface area contributed by atoms with Gasteiger partial charge in [0.1, 0.15) is 5.82 Å². The van der Waals surface area contributed by atoms with Crippen molar-refractivity contribution < 1.29 is 13.9 Å². The maximum Gasteiger partial charge on any atom is 0.255 e. The number of methoxy groups -OCH3 is 1. The van der Waals surface area contributed by atoms with E-state index in [-0.39, 0.29) is 10.9 Å². The number of rotatable bonds is 6. The molecule has 1 saturated carbocycles. The predicted molar refractivity (Wildman–Crippen MR) is 130 cm³/mol. The van der Waals surface area contributed by atoms with Gasteiger partial charge in [0.05, 0.1) is 11.1 Å². The summed E-state index contributed by atoms with van der Waals surface area (Å²) in [7, 11) is 1.83. The monoisotopic (exact) mass is 459 g/mol. The van der Waals surface area contributed by atoms with E-state index in [1.807, 2.05) is 26.2 Å². The summed E-state index contributed by atoms with van der Waals surface area (Å²) in [6.45, 7) is 4.41. The molecule has 0 aromatic heterocycles. The fraction of sp³-hybridized carbons (Fsp3) is 0.519. The van der Waals surface area contributed by atoms with Crippen LogP contribution in [0.5, 0.6) is 0 Å². The molecule has 0 heterocycles. The van der Waals surface area contributed by atoms with E-state index >= 15 is 0 Å². The van der Waals surface area contributed by atoms with Crippen LogP contribution in [0.4, 0.5) is 10.1 Å². The molecule has 32 heavy (non-hydrogen) atoms. The van der Waals surface area contributed by atoms with Gasteiger partial charge in [0.2, 0.25) is 0 Å². The maximum atomic E-state index is 13.4. The van der Waals surface area contributed by atoms with E-state index < -0.39 is 5.82 Å². The molecule has 1 N–H and O–H groups in total. The van der Waals surface area contributed by atoms with Crippen LogP contribution in [0.3, 0.4) is 0 Å². The molecular formula is C27H35ClFNO2. The van der Waals surface area contributed by atoms with Crippen molar-refractivity contribution in [1.82, 2.24) is 0 Å². The minimum Gasteiger partial charge on any atom is -0.381 e. The number of carbonyl (C=O) groups is 1. The molecule has 1 aliphatic rings. The van der Waals surface area contributed by atoms with E-state index in [4.69, 9.17) is 16.3 Å². The van der Waals surface area contributed by atoms with Crippen molar-refractivity contribution >= 4 is 23.2 Å². The van der Waals surface area contributed by atoms with Gasteiger partial charge in [-0.1, -0.05) is 55.8 Å². The van der Waals surface area contributed by atoms with E-state index in [0.717, 1.165) is 24.8 Å². The molecule has 0 aliphatic heterocycles. The Morgan fingerprint density at radius 3 is 2.59 bits per heavy atom. The van der Waals surface area contributed by atoms with Gasteiger partial charge >= 0.3 is 0 Å². The molecule has 3 unspecified atom stereocenters. The Morgan fingerprint density at radius 1 is 1.12 bits per heavy atom. The van der Waals surface area contributed by atoms with Crippen molar-refractivity contribution in [3.63, 3.8) is 0 Å². The topological polar surface area (TPSA) is 38.3 Å². The van der Waals surface area contributed by atoms with E-state index in [1.165, 1.54) is 55.9 Å². The van der Waals surface area contributed by atoms with Crippen molar-refractivity contribution in [2.45, 2.75) is 71.3 Å². The van der Waals surface area contributed by atoms with Gasteiger partial charge in [0, 0.05) is 18.4 Å². The van der Waals surface area contributed by atoms with Crippen LogP contribution < -0.4 is 5.32 Å². The molecule has 2 aromatic rings. The Labute approximate surface area is 196 Å². The summed E-state index contributed by atoms with van der Waals surface area (Å²) in [5, 5.41) is 2.82. The number of aryl methyl sites for hydroxylation is 2. The van der Waals surface area contributed by atoms with Crippen molar-refractivity contribution in [2.75, 3.05) is 12.4 Å². The van der Waals surface area contributed by atoms with Crippen LogP contribution in [0.15, 0.2) is 36.4 Å². The third-order valence-electron chi connectivity index (χ3n) is 6.81. The lowest BCUT2D eigenvalue weighted by atomic mass is 9.82. The molecule has 3 nitrogen and oxygen atoms in total. The molecule has 1 aliphatic carbocycles. The first kappa shape index (κ1) is 24.7. The van der Waals surface area contributed by atoms with Crippen LogP contribution in [0.2, 0.25) is 5.02 Å². The Kier molecular flexibility index (Phi) is 9.12. The van der Waals surface area contributed by atoms with Gasteiger partial charge in [-0.05, 0) is 80.3 Å². The predicted octanol–water partition coefficient (Wildman–Crippen LogP) is 7.59. The smallest absolute Gasteiger partial charge is 0.255 e. The maximum absolute atomic E-state index is 13.4. The van der Waals surface area contributed by atoms with Crippen LogP contribution >= 0.6 is 11.6 Å². The van der Waals surface area contributed by atoms with E-state index in [1.54, 1.807) is 0 Å². The van der Waals surface area contributed by atoms with Crippen LogP contribution in [-0.4, -0.2) is 19.1 Å². The number of benzene rings is 2. The van der Waals surface area contributed by atoms with Crippen LogP contribution in [0, 0.1) is 24.6 Å². The summed E-state index contributed by atoms with van der Waals surface area (Å²) < 4.78 is 19.0. The number of hydrogen-bond donors (Lipinski definition) is 1. The second-order valence-electron chi connectivity index (χ2n) is 9.29. The number of hydrogen-bond acceptors (Lipinski definition) is 2. The fourth-order valence-corrected chi connectivity index (χ4v) is 5.05. The molecule has 0 spiro atoms. The second-order valence-corrected chi connectivity index (χ2v) is 9.69. The summed E-state index contributed by atoms with van der Waals surface area (Å²) in [6, 6.07) is 10.2. The second kappa shape index (κ2) is 11.8. The Morgan fingerprint density at radius 2 is 1.88 bits per heavy atom. The highest BCUT2D eigenvalue weighted by molar-refractivity contribution is 6.31. The number of ether oxygens (including phenoxy) is 1. The zero-order chi connectivity index (χ0) is 23.1. The zero-order valence-electron chi connectivity index (χ0n) is 19.4. The van der Waals surface area contributed by atoms with Gasteiger partial charge in [-0.15, -0.1) is 0 Å². The lowest BCUT2D eigenvalue weighted by molar-refractivity contribution is 0.0846. The molecule has 0 radical (unpaired) electrons. The standard InChI is InChI=1S/C27H35ClFNO2/c1-18-14-20(10-11-21-7-5-9-24(32-3)8-4-6-19(21)2)16-22(15-18)27(31)30-23-12-13-26(29)25(28)17-23/h12-17,19,21,24H,4-11H2,1-3H3,(H,30,31). The number of carbonyl (C=O) groups excluding carboxylic acids is 1. The van der Waals surface area contributed by atoms with Crippen molar-refractivity contribution in [3.8, 4) is 0 Å². The van der Waals surface area contributed by atoms with Crippen molar-refractivity contribution in [2.24, 2.45) is 11.8 Å². The van der Waals surface area contributed by atoms with Crippen molar-refractivity contribution in [3.05, 3.63) is 63.9 Å². The number of anilines is 1. The number of amides is 1. The first-order valence-corrected chi connectivity index (χ1v) is 12.1. The number of nitrogens with one attached hydrogen (secondary N) is 1. The Balaban J connectivity index is 1.64. The van der Waals surface area contributed by atoms with Gasteiger partial charge in [-0.2, -0.15) is 0 Å². The summed E-state index contributed by atoms with van der Waals surface area (Å²) in [4.78, 5) is 12.8. The molecule has 5 heteroatoms. The Hall–Kier alpha value is -1.91. The summed E-state index contributed by atoms with van der Waals surface area (Å²) in [6.07, 6.45) is 9.79. The lowest BCUT2D eigenvalue weighted by Gasteiger charge is -2.23. The third kappa shape index (κ3) is 7.05. The molecular weight excluding hydrogens is 425 g/mol. The van der Waals surface area contributed by atoms with Gasteiger partial charge in [-0.3, -0.25) is 4.79 Å². The molecule has 3 rings (SSSR count). The molecule has 0 bridgehead atoms. The zero-order valence-corrected chi connectivity index (χ0v) is 20.2. The molecule has 1 amide bonds. The van der Waals surface area contributed by atoms with Crippen LogP contribution in [0.25, 0.3) is 0 Å². The quantitative estimate of drug-likeness (QED) is 0.483. The first-order valence-electron chi connectivity index (χ1n) is 11.8. The highest BCUT2D eigenvalue weighted by atomic mass is 35.5. The van der Waals surface area contributed by atoms with Gasteiger partial charge < -0.3 is 10.1 Å². The SMILES string of the molecule is COC1CCCC(C)C(CCc2cc(C)cc(C(=O)Nc3ccc(F)c(Cl)c3)c2)CCC1. The average Bonchev–Trinajstić information content (AvgIpc) is 2.84. The van der Waals surface area contributed by atoms with Crippen LogP contribution in [-0.2, 0) is 11.2 Å². The number of halogens is 2. The molecule has 0 saturated heterocycles. The summed E-state index contributed by atoms with van der Waals surface area (Å²) >= 11 is 5.84. The fourth-order valence-electron chi connectivity index (χ4n) is 4.87. The highest BCUT2D eigenvalue weighted by Crippen LogP contribution is 2.31. The highest BCUT2D eigenvalue weighted by Gasteiger charge is 2.21. The average molecular weight is 460 g/mol. The van der Waals surface area contributed by atoms with E-state index in [9.17, 15) is 9.18 Å². The minimum absolute atomic E-state index is 0.00586. The van der Waals surface area contributed by atoms with Crippen molar-refractivity contribution in [1.29, 1.82) is 0 Å². The summed E-state index contributed by atoms with van der Waals surface area (Å²) in [5.41, 5.74) is 3.36. The van der Waals surface area contributed by atoms with E-state index in [2.05, 4.69) is 18.3 Å².